The van der Waals surface area contributed by atoms with Gasteiger partial charge in [0, 0.05) is 18.1 Å². The number of anilines is 1. The highest BCUT2D eigenvalue weighted by atomic mass is 19.1. The number of nitrogens with zero attached hydrogens (tertiary/aromatic N) is 2. The zero-order valence-electron chi connectivity index (χ0n) is 15.4. The maximum absolute atomic E-state index is 13.7. The quantitative estimate of drug-likeness (QED) is 0.629. The number of hydrogen-bond donors (Lipinski definition) is 1. The molecule has 1 aromatic heterocycles. The van der Waals surface area contributed by atoms with Crippen molar-refractivity contribution in [1.29, 1.82) is 0 Å². The summed E-state index contributed by atoms with van der Waals surface area (Å²) in [7, 11) is 0. The second-order valence-corrected chi connectivity index (χ2v) is 6.03. The average molecular weight is 381 g/mol. The van der Waals surface area contributed by atoms with E-state index in [9.17, 15) is 14.0 Å². The van der Waals surface area contributed by atoms with Gasteiger partial charge in [-0.05, 0) is 25.1 Å². The first-order valence-corrected chi connectivity index (χ1v) is 8.93. The van der Waals surface area contributed by atoms with Crippen molar-refractivity contribution in [3.05, 3.63) is 66.5 Å². The van der Waals surface area contributed by atoms with E-state index >= 15 is 0 Å². The van der Waals surface area contributed by atoms with Crippen LogP contribution in [-0.2, 0) is 14.3 Å². The van der Waals surface area contributed by atoms with E-state index in [4.69, 9.17) is 4.74 Å². The Bertz CT molecular complexity index is 970. The monoisotopic (exact) mass is 381 g/mol. The van der Waals surface area contributed by atoms with Crippen molar-refractivity contribution >= 4 is 17.7 Å². The van der Waals surface area contributed by atoms with Gasteiger partial charge in [-0.2, -0.15) is 5.10 Å². The largest absolute Gasteiger partial charge is 0.466 e. The molecule has 1 amide bonds. The topological polar surface area (TPSA) is 73.2 Å². The van der Waals surface area contributed by atoms with Crippen molar-refractivity contribution in [2.45, 2.75) is 19.8 Å². The van der Waals surface area contributed by atoms with Crippen LogP contribution in [0.25, 0.3) is 16.9 Å². The molecule has 0 fully saturated rings. The van der Waals surface area contributed by atoms with Crippen molar-refractivity contribution in [3.8, 4) is 16.9 Å². The molecule has 0 radical (unpaired) electrons. The van der Waals surface area contributed by atoms with Crippen LogP contribution in [0, 0.1) is 5.82 Å². The predicted octanol–water partition coefficient (Wildman–Crippen LogP) is 3.96. The summed E-state index contributed by atoms with van der Waals surface area (Å²) >= 11 is 0. The molecule has 7 heteroatoms. The first-order chi connectivity index (χ1) is 13.6. The van der Waals surface area contributed by atoms with E-state index in [0.717, 1.165) is 5.56 Å². The van der Waals surface area contributed by atoms with E-state index in [0.29, 0.717) is 17.2 Å². The van der Waals surface area contributed by atoms with Crippen LogP contribution in [0.3, 0.4) is 0 Å². The first-order valence-electron chi connectivity index (χ1n) is 8.93. The van der Waals surface area contributed by atoms with Gasteiger partial charge in [0.15, 0.2) is 0 Å². The number of hydrogen-bond acceptors (Lipinski definition) is 4. The van der Waals surface area contributed by atoms with Gasteiger partial charge >= 0.3 is 5.97 Å². The Morgan fingerprint density at radius 3 is 2.57 bits per heavy atom. The molecule has 1 heterocycles. The highest BCUT2D eigenvalue weighted by molar-refractivity contribution is 5.92. The van der Waals surface area contributed by atoms with Crippen molar-refractivity contribution < 1.29 is 18.7 Å². The van der Waals surface area contributed by atoms with Gasteiger partial charge in [0.25, 0.3) is 0 Å². The Morgan fingerprint density at radius 2 is 1.86 bits per heavy atom. The van der Waals surface area contributed by atoms with E-state index in [1.165, 1.54) is 16.8 Å². The lowest BCUT2D eigenvalue weighted by molar-refractivity contribution is -0.144. The molecule has 0 atom stereocenters. The van der Waals surface area contributed by atoms with Gasteiger partial charge in [-0.1, -0.05) is 36.4 Å². The summed E-state index contributed by atoms with van der Waals surface area (Å²) in [6, 6.07) is 17.1. The standard InChI is InChI=1S/C21H20FN3O3/c1-2-28-21(27)12-11-20(26)23-19-14-18(15-7-4-3-5-8-15)24-25(19)17-10-6-9-16(22)13-17/h3-10,13-14H,2,11-12H2,1H3,(H,23,26). The highest BCUT2D eigenvalue weighted by Crippen LogP contribution is 2.25. The van der Waals surface area contributed by atoms with Gasteiger partial charge in [0.1, 0.15) is 11.6 Å². The molecule has 0 bridgehead atoms. The summed E-state index contributed by atoms with van der Waals surface area (Å²) in [5.74, 6) is -0.807. The minimum absolute atomic E-state index is 0.0146. The normalized spacial score (nSPS) is 10.5. The highest BCUT2D eigenvalue weighted by Gasteiger charge is 2.15. The summed E-state index contributed by atoms with van der Waals surface area (Å²) < 4.78 is 20.0. The minimum Gasteiger partial charge on any atom is -0.466 e. The summed E-state index contributed by atoms with van der Waals surface area (Å²) in [5.41, 5.74) is 1.97. The fourth-order valence-electron chi connectivity index (χ4n) is 2.68. The van der Waals surface area contributed by atoms with E-state index in [1.807, 2.05) is 30.3 Å². The molecule has 1 N–H and O–H groups in total. The number of carbonyl (C=O) groups excluding carboxylic acids is 2. The van der Waals surface area contributed by atoms with E-state index in [-0.39, 0.29) is 25.4 Å². The number of aromatic nitrogens is 2. The zero-order valence-corrected chi connectivity index (χ0v) is 15.4. The lowest BCUT2D eigenvalue weighted by atomic mass is 10.1. The predicted molar refractivity (Wildman–Crippen MR) is 103 cm³/mol. The van der Waals surface area contributed by atoms with Crippen molar-refractivity contribution in [3.63, 3.8) is 0 Å². The number of nitrogens with one attached hydrogen (secondary N) is 1. The van der Waals surface area contributed by atoms with E-state index in [1.54, 1.807) is 25.1 Å². The lowest BCUT2D eigenvalue weighted by Crippen LogP contribution is -2.17. The number of esters is 1. The van der Waals surface area contributed by atoms with Gasteiger partial charge < -0.3 is 10.1 Å². The Labute approximate surface area is 161 Å². The van der Waals surface area contributed by atoms with Crippen LogP contribution < -0.4 is 5.32 Å². The number of amides is 1. The Morgan fingerprint density at radius 1 is 1.07 bits per heavy atom. The second kappa shape index (κ2) is 8.94. The van der Waals surface area contributed by atoms with Crippen molar-refractivity contribution in [1.82, 2.24) is 9.78 Å². The molecule has 0 saturated heterocycles. The molecular formula is C21H20FN3O3. The smallest absolute Gasteiger partial charge is 0.306 e. The van der Waals surface area contributed by atoms with Crippen LogP contribution in [0.15, 0.2) is 60.7 Å². The SMILES string of the molecule is CCOC(=O)CCC(=O)Nc1cc(-c2ccccc2)nn1-c1cccc(F)c1. The van der Waals surface area contributed by atoms with Crippen molar-refractivity contribution in [2.24, 2.45) is 0 Å². The maximum atomic E-state index is 13.7. The summed E-state index contributed by atoms with van der Waals surface area (Å²) in [4.78, 5) is 23.7. The van der Waals surface area contributed by atoms with Crippen molar-refractivity contribution in [2.75, 3.05) is 11.9 Å². The Kier molecular flexibility index (Phi) is 6.16. The molecule has 0 spiro atoms. The molecule has 3 aromatic rings. The molecule has 0 saturated carbocycles. The Balaban J connectivity index is 1.87. The molecule has 0 aliphatic heterocycles. The third-order valence-electron chi connectivity index (χ3n) is 3.96. The Hall–Kier alpha value is -3.48. The van der Waals surface area contributed by atoms with Crippen LogP contribution in [0.4, 0.5) is 10.2 Å². The van der Waals surface area contributed by atoms with Gasteiger partial charge in [-0.25, -0.2) is 9.07 Å². The van der Waals surface area contributed by atoms with Crippen LogP contribution >= 0.6 is 0 Å². The fraction of sp³-hybridized carbons (Fsp3) is 0.190. The van der Waals surface area contributed by atoms with Gasteiger partial charge in [-0.15, -0.1) is 0 Å². The number of rotatable bonds is 7. The molecule has 0 unspecified atom stereocenters. The fourth-order valence-corrected chi connectivity index (χ4v) is 2.68. The van der Waals surface area contributed by atoms with Crippen LogP contribution in [0.2, 0.25) is 0 Å². The zero-order chi connectivity index (χ0) is 19.9. The van der Waals surface area contributed by atoms with Crippen LogP contribution in [-0.4, -0.2) is 28.3 Å². The number of benzene rings is 2. The number of carbonyl (C=O) groups is 2. The number of ether oxygens (including phenoxy) is 1. The summed E-state index contributed by atoms with van der Waals surface area (Å²) in [6.45, 7) is 1.98. The molecule has 3 rings (SSSR count). The number of halogens is 1. The second-order valence-electron chi connectivity index (χ2n) is 6.03. The van der Waals surface area contributed by atoms with E-state index in [2.05, 4.69) is 10.4 Å². The summed E-state index contributed by atoms with van der Waals surface area (Å²) in [6.07, 6.45) is -0.0346. The third kappa shape index (κ3) is 4.82. The molecule has 0 aliphatic carbocycles. The molecular weight excluding hydrogens is 361 g/mol. The maximum Gasteiger partial charge on any atom is 0.306 e. The summed E-state index contributed by atoms with van der Waals surface area (Å²) in [5, 5.41) is 7.26. The van der Waals surface area contributed by atoms with Gasteiger partial charge in [0.05, 0.1) is 24.4 Å². The van der Waals surface area contributed by atoms with E-state index < -0.39 is 11.8 Å². The van der Waals surface area contributed by atoms with Crippen LogP contribution in [0.5, 0.6) is 0 Å². The third-order valence-corrected chi connectivity index (χ3v) is 3.96. The molecule has 28 heavy (non-hydrogen) atoms. The molecule has 144 valence electrons. The lowest BCUT2D eigenvalue weighted by Gasteiger charge is -2.09. The van der Waals surface area contributed by atoms with Gasteiger partial charge in [0.2, 0.25) is 5.91 Å². The van der Waals surface area contributed by atoms with Crippen LogP contribution in [0.1, 0.15) is 19.8 Å². The first kappa shape index (κ1) is 19.3. The minimum atomic E-state index is -0.429. The average Bonchev–Trinajstić information content (AvgIpc) is 3.11. The molecule has 6 nitrogen and oxygen atoms in total. The molecule has 0 aliphatic rings. The molecule has 2 aromatic carbocycles. The van der Waals surface area contributed by atoms with Gasteiger partial charge in [-0.3, -0.25) is 9.59 Å².